The number of rotatable bonds is 4. The average molecular weight is 244 g/mol. The first-order chi connectivity index (χ1) is 7.79. The van der Waals surface area contributed by atoms with Gasteiger partial charge in [0.05, 0.1) is 13.2 Å². The Bertz CT molecular complexity index is 362. The van der Waals surface area contributed by atoms with Gasteiger partial charge in [0.15, 0.2) is 0 Å². The Morgan fingerprint density at radius 2 is 2.50 bits per heavy atom. The zero-order valence-corrected chi connectivity index (χ0v) is 9.66. The quantitative estimate of drug-likeness (QED) is 0.735. The Balaban J connectivity index is 1.93. The minimum Gasteiger partial charge on any atom is -0.459 e. The monoisotopic (exact) mass is 244 g/mol. The first-order valence-electron chi connectivity index (χ1n) is 5.04. The summed E-state index contributed by atoms with van der Waals surface area (Å²) in [6.07, 6.45) is 0.960. The van der Waals surface area contributed by atoms with Crippen molar-refractivity contribution in [3.8, 4) is 0 Å². The molecule has 0 spiro atoms. The molecule has 1 aliphatic rings. The molecule has 0 amide bonds. The molecule has 1 aromatic rings. The van der Waals surface area contributed by atoms with Gasteiger partial charge >= 0.3 is 11.9 Å². The van der Waals surface area contributed by atoms with E-state index in [1.165, 1.54) is 11.8 Å². The smallest absolute Gasteiger partial charge is 0.396 e. The van der Waals surface area contributed by atoms with Gasteiger partial charge in [-0.15, -0.1) is 5.10 Å². The highest BCUT2D eigenvalue weighted by atomic mass is 32.2. The van der Waals surface area contributed by atoms with Gasteiger partial charge in [0.25, 0.3) is 5.22 Å². The highest BCUT2D eigenvalue weighted by molar-refractivity contribution is 7.99. The summed E-state index contributed by atoms with van der Waals surface area (Å²) in [5, 5.41) is 8.11. The van der Waals surface area contributed by atoms with Crippen molar-refractivity contribution < 1.29 is 18.7 Å². The summed E-state index contributed by atoms with van der Waals surface area (Å²) < 4.78 is 15.1. The summed E-state index contributed by atoms with van der Waals surface area (Å²) in [6, 6.07) is 0. The van der Waals surface area contributed by atoms with Gasteiger partial charge in [-0.3, -0.25) is 0 Å². The fourth-order valence-electron chi connectivity index (χ4n) is 1.28. The summed E-state index contributed by atoms with van der Waals surface area (Å²) in [7, 11) is 0. The van der Waals surface area contributed by atoms with Crippen molar-refractivity contribution >= 4 is 17.7 Å². The molecule has 88 valence electrons. The third kappa shape index (κ3) is 2.73. The summed E-state index contributed by atoms with van der Waals surface area (Å²) in [6.45, 7) is 3.46. The molecule has 1 saturated heterocycles. The Labute approximate surface area is 96.7 Å². The number of carbonyl (C=O) groups is 1. The molecule has 0 bridgehead atoms. The number of nitrogens with zero attached hydrogens (tertiary/aromatic N) is 2. The van der Waals surface area contributed by atoms with Gasteiger partial charge in [0, 0.05) is 11.9 Å². The number of esters is 1. The lowest BCUT2D eigenvalue weighted by Crippen LogP contribution is -2.04. The van der Waals surface area contributed by atoms with E-state index in [9.17, 15) is 4.79 Å². The lowest BCUT2D eigenvalue weighted by atomic mass is 10.4. The molecular weight excluding hydrogens is 232 g/mol. The minimum absolute atomic E-state index is 0.0942. The standard InChI is InChI=1S/C9H12N2O4S/c1-2-14-8(12)7-10-11-9(15-7)16-6-3-4-13-5-6/h6H,2-5H2,1H3. The number of hydrogen-bond donors (Lipinski definition) is 0. The number of ether oxygens (including phenoxy) is 2. The van der Waals surface area contributed by atoms with Crippen LogP contribution < -0.4 is 0 Å². The number of thioether (sulfide) groups is 1. The van der Waals surface area contributed by atoms with Crippen LogP contribution in [0, 0.1) is 0 Å². The van der Waals surface area contributed by atoms with Gasteiger partial charge in [-0.05, 0) is 13.3 Å². The zero-order chi connectivity index (χ0) is 11.4. The van der Waals surface area contributed by atoms with Gasteiger partial charge in [-0.25, -0.2) is 4.79 Å². The van der Waals surface area contributed by atoms with Gasteiger partial charge in [0.1, 0.15) is 0 Å². The fraction of sp³-hybridized carbons (Fsp3) is 0.667. The maximum Gasteiger partial charge on any atom is 0.396 e. The zero-order valence-electron chi connectivity index (χ0n) is 8.84. The van der Waals surface area contributed by atoms with Gasteiger partial charge in [0.2, 0.25) is 0 Å². The Kier molecular flexibility index (Phi) is 3.79. The van der Waals surface area contributed by atoms with Crippen LogP contribution >= 0.6 is 11.8 Å². The van der Waals surface area contributed by atoms with Crippen LogP contribution in [0.15, 0.2) is 9.64 Å². The second-order valence-corrected chi connectivity index (χ2v) is 4.45. The molecule has 1 unspecified atom stereocenters. The third-order valence-corrected chi connectivity index (χ3v) is 3.08. The third-order valence-electron chi connectivity index (χ3n) is 2.01. The highest BCUT2D eigenvalue weighted by Gasteiger charge is 2.22. The molecule has 7 heteroatoms. The molecule has 0 aliphatic carbocycles. The Morgan fingerprint density at radius 1 is 1.62 bits per heavy atom. The van der Waals surface area contributed by atoms with E-state index in [4.69, 9.17) is 13.9 Å². The van der Waals surface area contributed by atoms with E-state index in [2.05, 4.69) is 10.2 Å². The van der Waals surface area contributed by atoms with E-state index in [1.807, 2.05) is 0 Å². The summed E-state index contributed by atoms with van der Waals surface area (Å²) in [5.74, 6) is -0.673. The molecule has 0 radical (unpaired) electrons. The van der Waals surface area contributed by atoms with Crippen LogP contribution in [0.4, 0.5) is 0 Å². The van der Waals surface area contributed by atoms with Crippen molar-refractivity contribution in [1.82, 2.24) is 10.2 Å². The lowest BCUT2D eigenvalue weighted by molar-refractivity contribution is 0.0475. The van der Waals surface area contributed by atoms with Crippen LogP contribution in [-0.4, -0.2) is 41.2 Å². The van der Waals surface area contributed by atoms with Crippen LogP contribution in [-0.2, 0) is 9.47 Å². The van der Waals surface area contributed by atoms with Crippen LogP contribution in [0.1, 0.15) is 24.0 Å². The van der Waals surface area contributed by atoms with Gasteiger partial charge < -0.3 is 13.9 Å². The van der Waals surface area contributed by atoms with E-state index < -0.39 is 5.97 Å². The van der Waals surface area contributed by atoms with E-state index in [-0.39, 0.29) is 5.89 Å². The normalized spacial score (nSPS) is 19.9. The van der Waals surface area contributed by atoms with E-state index in [0.29, 0.717) is 23.7 Å². The molecule has 1 fully saturated rings. The van der Waals surface area contributed by atoms with Crippen molar-refractivity contribution in [3.63, 3.8) is 0 Å². The molecule has 1 aliphatic heterocycles. The first-order valence-corrected chi connectivity index (χ1v) is 5.92. The number of carbonyl (C=O) groups excluding carboxylic acids is 1. The molecule has 6 nitrogen and oxygen atoms in total. The van der Waals surface area contributed by atoms with Crippen LogP contribution in [0.5, 0.6) is 0 Å². The molecule has 0 N–H and O–H groups in total. The fourth-order valence-corrected chi connectivity index (χ4v) is 2.16. The highest BCUT2D eigenvalue weighted by Crippen LogP contribution is 2.27. The van der Waals surface area contributed by atoms with Gasteiger partial charge in [-0.2, -0.15) is 0 Å². The predicted molar refractivity (Wildman–Crippen MR) is 55.3 cm³/mol. The van der Waals surface area contributed by atoms with E-state index in [0.717, 1.165) is 13.0 Å². The molecule has 16 heavy (non-hydrogen) atoms. The summed E-state index contributed by atoms with van der Waals surface area (Å²) in [5.41, 5.74) is 0. The van der Waals surface area contributed by atoms with Crippen LogP contribution in [0.3, 0.4) is 0 Å². The predicted octanol–water partition coefficient (Wildman–Crippen LogP) is 1.13. The van der Waals surface area contributed by atoms with Crippen molar-refractivity contribution in [2.45, 2.75) is 23.8 Å². The average Bonchev–Trinajstić information content (AvgIpc) is 2.90. The number of aromatic nitrogens is 2. The van der Waals surface area contributed by atoms with Crippen molar-refractivity contribution in [3.05, 3.63) is 5.89 Å². The summed E-state index contributed by atoms with van der Waals surface area (Å²) >= 11 is 1.43. The van der Waals surface area contributed by atoms with Crippen molar-refractivity contribution in [2.75, 3.05) is 19.8 Å². The van der Waals surface area contributed by atoms with Crippen LogP contribution in [0.25, 0.3) is 0 Å². The Hall–Kier alpha value is -1.08. The second kappa shape index (κ2) is 5.31. The lowest BCUT2D eigenvalue weighted by Gasteiger charge is -2.00. The molecule has 1 atom stereocenters. The number of hydrogen-bond acceptors (Lipinski definition) is 7. The Morgan fingerprint density at radius 3 is 3.19 bits per heavy atom. The molecule has 2 rings (SSSR count). The van der Waals surface area contributed by atoms with E-state index >= 15 is 0 Å². The maximum absolute atomic E-state index is 11.2. The minimum atomic E-state index is -0.579. The maximum atomic E-state index is 11.2. The molecule has 0 aromatic carbocycles. The van der Waals surface area contributed by atoms with Crippen LogP contribution in [0.2, 0.25) is 0 Å². The van der Waals surface area contributed by atoms with Crippen molar-refractivity contribution in [1.29, 1.82) is 0 Å². The SMILES string of the molecule is CCOC(=O)c1nnc(SC2CCOC2)o1. The van der Waals surface area contributed by atoms with E-state index in [1.54, 1.807) is 6.92 Å². The molecular formula is C9H12N2O4S. The van der Waals surface area contributed by atoms with Crippen molar-refractivity contribution in [2.24, 2.45) is 0 Å². The topological polar surface area (TPSA) is 74.5 Å². The largest absolute Gasteiger partial charge is 0.459 e. The van der Waals surface area contributed by atoms with Gasteiger partial charge in [-0.1, -0.05) is 16.9 Å². The first kappa shape index (κ1) is 11.4. The molecule has 2 heterocycles. The second-order valence-electron chi connectivity index (χ2n) is 3.20. The molecule has 0 saturated carbocycles. The molecule has 1 aromatic heterocycles. The summed E-state index contributed by atoms with van der Waals surface area (Å²) in [4.78, 5) is 11.2.